The summed E-state index contributed by atoms with van der Waals surface area (Å²) < 4.78 is 0. The molecule has 0 bridgehead atoms. The Morgan fingerprint density at radius 1 is 0.696 bits per heavy atom. The molecule has 0 aromatic carbocycles. The van der Waals surface area contributed by atoms with Crippen LogP contribution in [0.15, 0.2) is 12.7 Å². The van der Waals surface area contributed by atoms with Gasteiger partial charge in [-0.15, -0.1) is 6.58 Å². The topological polar surface area (TPSA) is 209 Å². The lowest BCUT2D eigenvalue weighted by atomic mass is 9.94. The molecule has 8 unspecified atom stereocenters. The number of rotatable bonds is 9. The molecule has 0 saturated carbocycles. The van der Waals surface area contributed by atoms with Crippen molar-refractivity contribution in [3.8, 4) is 0 Å². The van der Waals surface area contributed by atoms with Gasteiger partial charge in [0.2, 0.25) is 41.4 Å². The van der Waals surface area contributed by atoms with Crippen LogP contribution < -0.4 is 16.0 Å². The summed E-state index contributed by atoms with van der Waals surface area (Å²) in [6.07, 6.45) is 0.837. The lowest BCUT2D eigenvalue weighted by Gasteiger charge is -2.39. The highest BCUT2D eigenvalue weighted by molar-refractivity contribution is 5.98. The molecule has 2 fully saturated rings. The maximum atomic E-state index is 14.2. The summed E-state index contributed by atoms with van der Waals surface area (Å²) in [5.74, 6) is -6.53. The third-order valence-electron chi connectivity index (χ3n) is 11.7. The van der Waals surface area contributed by atoms with Crippen LogP contribution in [0.2, 0.25) is 0 Å². The van der Waals surface area contributed by atoms with E-state index in [2.05, 4.69) is 22.5 Å². The molecule has 16 heteroatoms. The zero-order valence-electron chi connectivity index (χ0n) is 35.6. The van der Waals surface area contributed by atoms with Gasteiger partial charge in [-0.2, -0.15) is 0 Å². The van der Waals surface area contributed by atoms with E-state index in [0.717, 1.165) is 9.80 Å². The van der Waals surface area contributed by atoms with Crippen molar-refractivity contribution in [2.45, 2.75) is 149 Å². The zero-order valence-corrected chi connectivity index (χ0v) is 35.6. The quantitative estimate of drug-likeness (QED) is 0.208. The number of hydrogen-bond acceptors (Lipinski definition) is 9. The van der Waals surface area contributed by atoms with Crippen LogP contribution in [-0.4, -0.2) is 153 Å². The molecule has 2 aliphatic rings. The first-order valence-electron chi connectivity index (χ1n) is 20.0. The average molecular weight is 792 g/mol. The highest BCUT2D eigenvalue weighted by Gasteiger charge is 2.44. The van der Waals surface area contributed by atoms with Crippen LogP contribution >= 0.6 is 0 Å². The molecule has 318 valence electrons. The van der Waals surface area contributed by atoms with Crippen molar-refractivity contribution in [2.75, 3.05) is 27.7 Å². The van der Waals surface area contributed by atoms with Crippen LogP contribution in [0.3, 0.4) is 0 Å². The minimum Gasteiger partial charge on any atom is -0.390 e. The Bertz CT molecular complexity index is 1440. The second-order valence-corrected chi connectivity index (χ2v) is 16.5. The van der Waals surface area contributed by atoms with Crippen LogP contribution in [-0.2, 0) is 33.6 Å². The fraction of sp³-hybridized carbons (Fsp3) is 0.775. The van der Waals surface area contributed by atoms with Gasteiger partial charge in [-0.1, -0.05) is 61.0 Å². The number of amides is 7. The molecule has 0 spiro atoms. The predicted molar refractivity (Wildman–Crippen MR) is 211 cm³/mol. The number of nitrogens with one attached hydrogen (secondary N) is 3. The van der Waals surface area contributed by atoms with Crippen molar-refractivity contribution in [2.24, 2.45) is 23.7 Å². The number of hydrogen-bond donors (Lipinski definition) is 5. The molecule has 7 amide bonds. The zero-order chi connectivity index (χ0) is 42.9. The molecule has 0 aliphatic carbocycles. The van der Waals surface area contributed by atoms with E-state index in [1.54, 1.807) is 47.6 Å². The van der Waals surface area contributed by atoms with E-state index in [9.17, 15) is 43.8 Å². The van der Waals surface area contributed by atoms with Gasteiger partial charge in [0.15, 0.2) is 0 Å². The summed E-state index contributed by atoms with van der Waals surface area (Å²) in [5.41, 5.74) is 0. The standard InChI is InChI=1S/C40H69N7O9/c1-14-23(7)20-27-39(55)44(11)26(10)38(54)47-19-17-16-18-28(47)34(50)43-30(32(48)21(3)4)35(51)42-29(24(8)15-2)40(56)45(12)25(9)37(53)46(13)31(36(52)41-27)33(49)22(5)6/h14,21-33,48-49H,1,15-20H2,2-13H3,(H,41,52)(H,42,51)(H,43,50)/t23?,24?,25-,26-,27?,28+,29?,30?,31?,32?,33?/m0/s1. The number of carbonyl (C=O) groups is 7. The Morgan fingerprint density at radius 2 is 1.23 bits per heavy atom. The van der Waals surface area contributed by atoms with Crippen molar-refractivity contribution >= 4 is 41.4 Å². The van der Waals surface area contributed by atoms with Crippen LogP contribution in [0.4, 0.5) is 0 Å². The number of likely N-dealkylation sites (N-methyl/N-ethyl adjacent to an activating group) is 3. The van der Waals surface area contributed by atoms with Crippen molar-refractivity contribution < 1.29 is 43.8 Å². The normalized spacial score (nSPS) is 29.6. The molecule has 2 saturated heterocycles. The van der Waals surface area contributed by atoms with Gasteiger partial charge in [-0.25, -0.2) is 0 Å². The molecule has 2 heterocycles. The summed E-state index contributed by atoms with van der Waals surface area (Å²) in [7, 11) is 4.15. The Balaban J connectivity index is 2.83. The van der Waals surface area contributed by atoms with E-state index in [0.29, 0.717) is 19.3 Å². The molecule has 0 radical (unpaired) electrons. The van der Waals surface area contributed by atoms with Crippen LogP contribution in [0.1, 0.15) is 94.4 Å². The molecule has 0 aromatic heterocycles. The molecule has 0 aromatic rings. The summed E-state index contributed by atoms with van der Waals surface area (Å²) in [5, 5.41) is 30.8. The molecule has 5 N–H and O–H groups in total. The van der Waals surface area contributed by atoms with Crippen molar-refractivity contribution in [3.63, 3.8) is 0 Å². The van der Waals surface area contributed by atoms with Gasteiger partial charge >= 0.3 is 0 Å². The molecular weight excluding hydrogens is 722 g/mol. The molecule has 11 atom stereocenters. The number of piperidine rings is 1. The Hall–Kier alpha value is -4.05. The number of allylic oxidation sites excluding steroid dienone is 1. The Morgan fingerprint density at radius 3 is 1.77 bits per heavy atom. The Kier molecular flexibility index (Phi) is 18.0. The third kappa shape index (κ3) is 11.3. The fourth-order valence-corrected chi connectivity index (χ4v) is 7.06. The maximum absolute atomic E-state index is 14.2. The molecule has 2 rings (SSSR count). The summed E-state index contributed by atoms with van der Waals surface area (Å²) in [4.78, 5) is 104. The smallest absolute Gasteiger partial charge is 0.246 e. The van der Waals surface area contributed by atoms with Crippen LogP contribution in [0.5, 0.6) is 0 Å². The van der Waals surface area contributed by atoms with Gasteiger partial charge in [-0.05, 0) is 63.2 Å². The van der Waals surface area contributed by atoms with Gasteiger partial charge in [0.05, 0.1) is 12.2 Å². The second kappa shape index (κ2) is 20.9. The van der Waals surface area contributed by atoms with Crippen molar-refractivity contribution in [1.82, 2.24) is 35.6 Å². The first-order valence-corrected chi connectivity index (χ1v) is 20.0. The Labute approximate surface area is 333 Å². The number of aliphatic hydroxyl groups is 2. The van der Waals surface area contributed by atoms with E-state index in [-0.39, 0.29) is 25.3 Å². The second-order valence-electron chi connectivity index (χ2n) is 16.5. The lowest BCUT2D eigenvalue weighted by Crippen LogP contribution is -2.64. The van der Waals surface area contributed by atoms with Gasteiger partial charge in [0.1, 0.15) is 42.3 Å². The first-order chi connectivity index (χ1) is 26.0. The largest absolute Gasteiger partial charge is 0.390 e. The van der Waals surface area contributed by atoms with Crippen LogP contribution in [0.25, 0.3) is 0 Å². The highest BCUT2D eigenvalue weighted by Crippen LogP contribution is 2.23. The summed E-state index contributed by atoms with van der Waals surface area (Å²) >= 11 is 0. The maximum Gasteiger partial charge on any atom is 0.246 e. The monoisotopic (exact) mass is 792 g/mol. The van der Waals surface area contributed by atoms with Crippen LogP contribution in [0, 0.1) is 23.7 Å². The van der Waals surface area contributed by atoms with E-state index >= 15 is 0 Å². The van der Waals surface area contributed by atoms with Crippen molar-refractivity contribution in [3.05, 3.63) is 12.7 Å². The van der Waals surface area contributed by atoms with E-state index in [1.807, 2.05) is 6.92 Å². The van der Waals surface area contributed by atoms with Gasteiger partial charge in [-0.3, -0.25) is 33.6 Å². The van der Waals surface area contributed by atoms with E-state index < -0.39 is 114 Å². The average Bonchev–Trinajstić information content (AvgIpc) is 3.17. The number of aliphatic hydroxyl groups excluding tert-OH is 2. The van der Waals surface area contributed by atoms with Gasteiger partial charge in [0, 0.05) is 27.7 Å². The first kappa shape index (κ1) is 48.1. The fourth-order valence-electron chi connectivity index (χ4n) is 7.06. The number of carbonyl (C=O) groups excluding carboxylic acids is 7. The predicted octanol–water partition coefficient (Wildman–Crippen LogP) is 0.648. The minimum absolute atomic E-state index is 0.0848. The SMILES string of the molecule is C=CC(C)CC1NC(=O)C(C(O)C(C)C)N(C)C(=O)[C@H](C)N(C)C(=O)C(C(C)CC)NC(=O)C(C(O)C(C)C)NC(=O)[C@H]2CCCCN2C(=O)[C@H](C)N(C)C1=O. The third-order valence-corrected chi connectivity index (χ3v) is 11.7. The highest BCUT2D eigenvalue weighted by atomic mass is 16.3. The molecule has 2 aliphatic heterocycles. The number of fused-ring (bicyclic) bond motifs is 1. The van der Waals surface area contributed by atoms with Gasteiger partial charge in [0.25, 0.3) is 0 Å². The molecule has 16 nitrogen and oxygen atoms in total. The van der Waals surface area contributed by atoms with E-state index in [1.165, 1.54) is 44.8 Å². The summed E-state index contributed by atoms with van der Waals surface area (Å²) in [6.45, 7) is 19.1. The number of nitrogens with zero attached hydrogens (tertiary/aromatic N) is 4. The molecular formula is C40H69N7O9. The molecule has 56 heavy (non-hydrogen) atoms. The summed E-state index contributed by atoms with van der Waals surface area (Å²) in [6, 6.07) is -8.70. The lowest BCUT2D eigenvalue weighted by molar-refractivity contribution is -0.153. The minimum atomic E-state index is -1.50. The van der Waals surface area contributed by atoms with E-state index in [4.69, 9.17) is 0 Å². The van der Waals surface area contributed by atoms with Crippen molar-refractivity contribution in [1.29, 1.82) is 0 Å². The van der Waals surface area contributed by atoms with Gasteiger partial charge < -0.3 is 45.8 Å².